The summed E-state index contributed by atoms with van der Waals surface area (Å²) in [6, 6.07) is 14.2. The Morgan fingerprint density at radius 2 is 1.81 bits per heavy atom. The number of rotatable bonds is 3. The Hall–Kier alpha value is -3.28. The maximum Gasteiger partial charge on any atom is 0.419 e. The van der Waals surface area contributed by atoms with Gasteiger partial charge in [-0.25, -0.2) is 4.79 Å². The third-order valence-electron chi connectivity index (χ3n) is 3.45. The number of pyridine rings is 1. The summed E-state index contributed by atoms with van der Waals surface area (Å²) < 4.78 is 12.7. The van der Waals surface area contributed by atoms with Gasteiger partial charge in [0, 0.05) is 24.1 Å². The van der Waals surface area contributed by atoms with Crippen LogP contribution in [0.25, 0.3) is 11.4 Å². The lowest BCUT2D eigenvalue weighted by atomic mass is 10.2. The van der Waals surface area contributed by atoms with Crippen molar-refractivity contribution in [1.82, 2.24) is 9.55 Å². The van der Waals surface area contributed by atoms with Crippen LogP contribution in [0.1, 0.15) is 20.8 Å². The third-order valence-corrected chi connectivity index (χ3v) is 3.45. The fourth-order valence-electron chi connectivity index (χ4n) is 2.35. The standard InChI is InChI=1S/C20H21N3O3/c1-20(2,3)26-19(24)23-12-4-5-18(23)17-13-16(10-11-22-17)25-15-8-6-14(21)7-9-15/h4-13H,21H2,1-3H3. The first-order valence-electron chi connectivity index (χ1n) is 8.22. The van der Waals surface area contributed by atoms with E-state index in [-0.39, 0.29) is 0 Å². The number of hydrogen-bond donors (Lipinski definition) is 1. The number of carbonyl (C=O) groups excluding carboxylic acids is 1. The van der Waals surface area contributed by atoms with Crippen LogP contribution in [0.5, 0.6) is 11.5 Å². The average molecular weight is 351 g/mol. The van der Waals surface area contributed by atoms with Crippen molar-refractivity contribution < 1.29 is 14.3 Å². The second-order valence-corrected chi connectivity index (χ2v) is 6.79. The van der Waals surface area contributed by atoms with Crippen molar-refractivity contribution in [3.05, 3.63) is 60.9 Å². The number of aromatic nitrogens is 2. The highest BCUT2D eigenvalue weighted by molar-refractivity contribution is 5.78. The van der Waals surface area contributed by atoms with E-state index in [1.807, 2.05) is 20.8 Å². The number of benzene rings is 1. The van der Waals surface area contributed by atoms with Gasteiger partial charge in [0.05, 0.1) is 11.4 Å². The predicted molar refractivity (Wildman–Crippen MR) is 100 cm³/mol. The summed E-state index contributed by atoms with van der Waals surface area (Å²) in [6.07, 6.45) is 2.83. The first-order chi connectivity index (χ1) is 12.3. The van der Waals surface area contributed by atoms with Gasteiger partial charge in [0.25, 0.3) is 0 Å². The number of nitrogens with zero attached hydrogens (tertiary/aromatic N) is 2. The lowest BCUT2D eigenvalue weighted by molar-refractivity contribution is 0.0540. The van der Waals surface area contributed by atoms with Crippen LogP contribution in [0, 0.1) is 0 Å². The number of anilines is 1. The van der Waals surface area contributed by atoms with Crippen molar-refractivity contribution in [2.45, 2.75) is 26.4 Å². The van der Waals surface area contributed by atoms with Crippen LogP contribution >= 0.6 is 0 Å². The molecule has 0 bridgehead atoms. The van der Waals surface area contributed by atoms with Crippen molar-refractivity contribution in [2.24, 2.45) is 0 Å². The van der Waals surface area contributed by atoms with Crippen LogP contribution < -0.4 is 10.5 Å². The molecule has 0 atom stereocenters. The van der Waals surface area contributed by atoms with E-state index in [1.54, 1.807) is 60.9 Å². The maximum atomic E-state index is 12.4. The molecular weight excluding hydrogens is 330 g/mol. The van der Waals surface area contributed by atoms with Crippen molar-refractivity contribution in [2.75, 3.05) is 5.73 Å². The lowest BCUT2D eigenvalue weighted by Gasteiger charge is -2.20. The molecule has 0 spiro atoms. The Morgan fingerprint density at radius 3 is 2.50 bits per heavy atom. The molecule has 2 aromatic heterocycles. The molecule has 2 N–H and O–H groups in total. The number of ether oxygens (including phenoxy) is 2. The summed E-state index contributed by atoms with van der Waals surface area (Å²) in [5.41, 5.74) is 7.01. The fraction of sp³-hybridized carbons (Fsp3) is 0.200. The van der Waals surface area contributed by atoms with E-state index in [2.05, 4.69) is 4.98 Å². The predicted octanol–water partition coefficient (Wildman–Crippen LogP) is 4.71. The Balaban J connectivity index is 1.86. The summed E-state index contributed by atoms with van der Waals surface area (Å²) in [7, 11) is 0. The van der Waals surface area contributed by atoms with Gasteiger partial charge in [-0.1, -0.05) is 0 Å². The van der Waals surface area contributed by atoms with Gasteiger partial charge in [-0.2, -0.15) is 0 Å². The van der Waals surface area contributed by atoms with Gasteiger partial charge in [-0.15, -0.1) is 0 Å². The van der Waals surface area contributed by atoms with Gasteiger partial charge in [0.15, 0.2) is 0 Å². The molecular formula is C20H21N3O3. The molecule has 0 aliphatic heterocycles. The van der Waals surface area contributed by atoms with Gasteiger partial charge >= 0.3 is 6.09 Å². The normalized spacial score (nSPS) is 11.2. The van der Waals surface area contributed by atoms with E-state index in [4.69, 9.17) is 15.2 Å². The zero-order chi connectivity index (χ0) is 18.7. The van der Waals surface area contributed by atoms with E-state index in [9.17, 15) is 4.79 Å². The third kappa shape index (κ3) is 4.22. The molecule has 0 amide bonds. The molecule has 0 aliphatic rings. The number of nitrogen functional groups attached to an aromatic ring is 1. The first kappa shape index (κ1) is 17.5. The van der Waals surface area contributed by atoms with Crippen LogP contribution in [0.2, 0.25) is 0 Å². The summed E-state index contributed by atoms with van der Waals surface area (Å²) >= 11 is 0. The fourth-order valence-corrected chi connectivity index (χ4v) is 2.35. The van der Waals surface area contributed by atoms with Gasteiger partial charge in [-0.3, -0.25) is 9.55 Å². The summed E-state index contributed by atoms with van der Waals surface area (Å²) in [5.74, 6) is 1.27. The Bertz CT molecular complexity index is 909. The molecule has 1 aromatic carbocycles. The van der Waals surface area contributed by atoms with Crippen LogP contribution in [-0.4, -0.2) is 21.2 Å². The minimum absolute atomic E-state index is 0.454. The summed E-state index contributed by atoms with van der Waals surface area (Å²) in [5, 5.41) is 0. The molecule has 2 heterocycles. The highest BCUT2D eigenvalue weighted by Crippen LogP contribution is 2.27. The lowest BCUT2D eigenvalue weighted by Crippen LogP contribution is -2.27. The monoisotopic (exact) mass is 351 g/mol. The molecule has 0 fully saturated rings. The molecule has 0 aliphatic carbocycles. The summed E-state index contributed by atoms with van der Waals surface area (Å²) in [4.78, 5) is 16.7. The molecule has 134 valence electrons. The second kappa shape index (κ2) is 6.92. The molecule has 0 saturated heterocycles. The number of hydrogen-bond acceptors (Lipinski definition) is 5. The molecule has 0 unspecified atom stereocenters. The Labute approximate surface area is 152 Å². The van der Waals surface area contributed by atoms with Crippen molar-refractivity contribution in [3.63, 3.8) is 0 Å². The zero-order valence-electron chi connectivity index (χ0n) is 15.0. The number of carbonyl (C=O) groups is 1. The average Bonchev–Trinajstić information content (AvgIpc) is 3.06. The van der Waals surface area contributed by atoms with E-state index >= 15 is 0 Å². The zero-order valence-corrected chi connectivity index (χ0v) is 15.0. The highest BCUT2D eigenvalue weighted by Gasteiger charge is 2.20. The SMILES string of the molecule is CC(C)(C)OC(=O)n1cccc1-c1cc(Oc2ccc(N)cc2)ccn1. The largest absolute Gasteiger partial charge is 0.457 e. The molecule has 6 heteroatoms. The molecule has 26 heavy (non-hydrogen) atoms. The molecule has 3 rings (SSSR count). The Kier molecular flexibility index (Phi) is 4.67. The minimum atomic E-state index is -0.577. The molecule has 3 aromatic rings. The first-order valence-corrected chi connectivity index (χ1v) is 8.22. The van der Waals surface area contributed by atoms with Crippen molar-refractivity contribution in [3.8, 4) is 22.9 Å². The van der Waals surface area contributed by atoms with Crippen LogP contribution in [0.4, 0.5) is 10.5 Å². The number of nitrogens with two attached hydrogens (primary N) is 1. The molecule has 6 nitrogen and oxygen atoms in total. The van der Waals surface area contributed by atoms with Crippen molar-refractivity contribution in [1.29, 1.82) is 0 Å². The summed E-state index contributed by atoms with van der Waals surface area (Å²) in [6.45, 7) is 5.48. The van der Waals surface area contributed by atoms with Gasteiger partial charge < -0.3 is 15.2 Å². The van der Waals surface area contributed by atoms with E-state index < -0.39 is 11.7 Å². The molecule has 0 radical (unpaired) electrons. The minimum Gasteiger partial charge on any atom is -0.457 e. The van der Waals surface area contributed by atoms with E-state index in [0.717, 1.165) is 0 Å². The van der Waals surface area contributed by atoms with Gasteiger partial charge in [0.1, 0.15) is 17.1 Å². The second-order valence-electron chi connectivity index (χ2n) is 6.79. The maximum absolute atomic E-state index is 12.4. The molecule has 0 saturated carbocycles. The Morgan fingerprint density at radius 1 is 1.08 bits per heavy atom. The van der Waals surface area contributed by atoms with Crippen LogP contribution in [-0.2, 0) is 4.74 Å². The van der Waals surface area contributed by atoms with Crippen LogP contribution in [0.15, 0.2) is 60.9 Å². The van der Waals surface area contributed by atoms with Gasteiger partial charge in [0.2, 0.25) is 0 Å². The van der Waals surface area contributed by atoms with Crippen molar-refractivity contribution >= 4 is 11.8 Å². The van der Waals surface area contributed by atoms with E-state index in [1.165, 1.54) is 4.57 Å². The van der Waals surface area contributed by atoms with E-state index in [0.29, 0.717) is 28.6 Å². The highest BCUT2D eigenvalue weighted by atomic mass is 16.6. The van der Waals surface area contributed by atoms with Crippen LogP contribution in [0.3, 0.4) is 0 Å². The quantitative estimate of drug-likeness (QED) is 0.691. The topological polar surface area (TPSA) is 79.4 Å². The van der Waals surface area contributed by atoms with Gasteiger partial charge in [-0.05, 0) is 63.2 Å². The smallest absolute Gasteiger partial charge is 0.419 e.